The fourth-order valence-electron chi connectivity index (χ4n) is 8.01. The summed E-state index contributed by atoms with van der Waals surface area (Å²) in [5, 5.41) is 4.81. The Morgan fingerprint density at radius 2 is 1.23 bits per heavy atom. The smallest absolute Gasteiger partial charge is 0.137 e. The van der Waals surface area contributed by atoms with Gasteiger partial charge >= 0.3 is 0 Å². The Hall–Kier alpha value is -5.64. The van der Waals surface area contributed by atoms with Gasteiger partial charge in [-0.05, 0) is 88.0 Å². The standard InChI is InChI=1S/C45H31NOS/c1-45(2)36-24-22-29(27-35(36)43-31(16-10-17-37(43)45)28-12-4-3-5-13-28)46(30-23-25-42-34(26-30)32-14-7-9-21-41(32)48-42)38-18-11-20-40-44(38)33-15-6-8-19-39(33)47-40/h3-27H,1-2H3. The summed E-state index contributed by atoms with van der Waals surface area (Å²) in [6, 6.07) is 55.2. The average molecular weight is 634 g/mol. The van der Waals surface area contributed by atoms with Crippen LogP contribution < -0.4 is 4.90 Å². The molecule has 0 bridgehead atoms. The summed E-state index contributed by atoms with van der Waals surface area (Å²) in [6.45, 7) is 4.72. The monoisotopic (exact) mass is 633 g/mol. The zero-order chi connectivity index (χ0) is 32.0. The van der Waals surface area contributed by atoms with E-state index in [1.54, 1.807) is 0 Å². The van der Waals surface area contributed by atoms with Crippen LogP contribution in [0.2, 0.25) is 0 Å². The summed E-state index contributed by atoms with van der Waals surface area (Å²) in [5.41, 5.74) is 12.9. The molecule has 0 saturated carbocycles. The molecule has 0 aliphatic heterocycles. The van der Waals surface area contributed by atoms with Gasteiger partial charge in [-0.3, -0.25) is 0 Å². The Labute approximate surface area is 283 Å². The van der Waals surface area contributed by atoms with Crippen LogP contribution in [0.4, 0.5) is 17.1 Å². The number of furan rings is 1. The molecule has 1 aliphatic rings. The highest BCUT2D eigenvalue weighted by Crippen LogP contribution is 2.54. The predicted molar refractivity (Wildman–Crippen MR) is 204 cm³/mol. The van der Waals surface area contributed by atoms with Crippen molar-refractivity contribution in [3.05, 3.63) is 163 Å². The molecule has 228 valence electrons. The third-order valence-electron chi connectivity index (χ3n) is 10.3. The van der Waals surface area contributed by atoms with E-state index in [9.17, 15) is 0 Å². The number of benzene rings is 7. The van der Waals surface area contributed by atoms with Crippen molar-refractivity contribution >= 4 is 70.5 Å². The number of rotatable bonds is 4. The number of hydrogen-bond donors (Lipinski definition) is 0. The summed E-state index contributed by atoms with van der Waals surface area (Å²) < 4.78 is 9.02. The van der Waals surface area contributed by atoms with Crippen molar-refractivity contribution in [1.82, 2.24) is 0 Å². The van der Waals surface area contributed by atoms with Crippen LogP contribution in [0.15, 0.2) is 156 Å². The van der Waals surface area contributed by atoms with Gasteiger partial charge in [-0.15, -0.1) is 11.3 Å². The Balaban J connectivity index is 1.27. The molecule has 7 aromatic carbocycles. The lowest BCUT2D eigenvalue weighted by Crippen LogP contribution is -2.15. The van der Waals surface area contributed by atoms with Crippen molar-refractivity contribution in [3.8, 4) is 22.3 Å². The van der Waals surface area contributed by atoms with Gasteiger partial charge in [0.15, 0.2) is 0 Å². The molecule has 0 unspecified atom stereocenters. The Morgan fingerprint density at radius 1 is 0.521 bits per heavy atom. The molecule has 2 nitrogen and oxygen atoms in total. The molecule has 9 aromatic rings. The van der Waals surface area contributed by atoms with Gasteiger partial charge in [-0.1, -0.05) is 111 Å². The SMILES string of the molecule is CC1(C)c2ccc(N(c3ccc4sc5ccccc5c4c3)c3cccc4oc5ccccc5c34)cc2-c2c(-c3ccccc3)cccc21. The lowest BCUT2D eigenvalue weighted by Gasteiger charge is -2.28. The van der Waals surface area contributed by atoms with Crippen molar-refractivity contribution in [2.75, 3.05) is 4.90 Å². The average Bonchev–Trinajstić information content (AvgIpc) is 3.77. The van der Waals surface area contributed by atoms with Crippen molar-refractivity contribution in [2.45, 2.75) is 19.3 Å². The Kier molecular flexibility index (Phi) is 5.82. The third kappa shape index (κ3) is 3.92. The van der Waals surface area contributed by atoms with E-state index in [0.29, 0.717) is 0 Å². The number of hydrogen-bond acceptors (Lipinski definition) is 3. The van der Waals surface area contributed by atoms with E-state index in [1.807, 2.05) is 17.4 Å². The van der Waals surface area contributed by atoms with Crippen molar-refractivity contribution < 1.29 is 4.42 Å². The lowest BCUT2D eigenvalue weighted by atomic mass is 9.82. The van der Waals surface area contributed by atoms with Crippen molar-refractivity contribution in [1.29, 1.82) is 0 Å². The van der Waals surface area contributed by atoms with E-state index in [2.05, 4.69) is 164 Å². The van der Waals surface area contributed by atoms with Crippen LogP contribution in [-0.4, -0.2) is 0 Å². The second-order valence-electron chi connectivity index (χ2n) is 13.3. The molecular weight excluding hydrogens is 603 g/mol. The molecule has 2 aromatic heterocycles. The molecule has 2 heterocycles. The minimum atomic E-state index is -0.117. The first-order chi connectivity index (χ1) is 23.6. The number of thiophene rings is 1. The van der Waals surface area contributed by atoms with E-state index in [4.69, 9.17) is 4.42 Å². The largest absolute Gasteiger partial charge is 0.456 e. The van der Waals surface area contributed by atoms with E-state index >= 15 is 0 Å². The molecule has 0 atom stereocenters. The van der Waals surface area contributed by atoms with Gasteiger partial charge in [0.1, 0.15) is 11.2 Å². The lowest BCUT2D eigenvalue weighted by molar-refractivity contribution is 0.660. The second-order valence-corrected chi connectivity index (χ2v) is 14.4. The Morgan fingerprint density at radius 3 is 2.12 bits per heavy atom. The molecule has 1 aliphatic carbocycles. The van der Waals surface area contributed by atoms with Gasteiger partial charge in [0, 0.05) is 42.3 Å². The van der Waals surface area contributed by atoms with Crippen LogP contribution in [0.25, 0.3) is 64.4 Å². The number of fused-ring (bicyclic) bond motifs is 9. The summed E-state index contributed by atoms with van der Waals surface area (Å²) in [7, 11) is 0. The normalized spacial score (nSPS) is 13.4. The Bertz CT molecular complexity index is 2710. The van der Waals surface area contributed by atoms with Gasteiger partial charge in [-0.25, -0.2) is 0 Å². The van der Waals surface area contributed by atoms with Crippen molar-refractivity contribution in [2.24, 2.45) is 0 Å². The fraction of sp³-hybridized carbons (Fsp3) is 0.0667. The van der Waals surface area contributed by atoms with Crippen LogP contribution >= 0.6 is 11.3 Å². The van der Waals surface area contributed by atoms with Crippen LogP contribution in [-0.2, 0) is 5.41 Å². The summed E-state index contributed by atoms with van der Waals surface area (Å²) in [4.78, 5) is 2.44. The number of anilines is 3. The molecule has 0 saturated heterocycles. The summed E-state index contributed by atoms with van der Waals surface area (Å²) in [5.74, 6) is 0. The number of nitrogens with zero attached hydrogens (tertiary/aromatic N) is 1. The minimum Gasteiger partial charge on any atom is -0.456 e. The fourth-order valence-corrected chi connectivity index (χ4v) is 9.10. The molecule has 0 spiro atoms. The van der Waals surface area contributed by atoms with Crippen LogP contribution in [0.5, 0.6) is 0 Å². The highest BCUT2D eigenvalue weighted by molar-refractivity contribution is 7.25. The topological polar surface area (TPSA) is 16.4 Å². The maximum atomic E-state index is 6.42. The first-order valence-electron chi connectivity index (χ1n) is 16.5. The maximum Gasteiger partial charge on any atom is 0.137 e. The van der Waals surface area contributed by atoms with Crippen LogP contribution in [0, 0.1) is 0 Å². The highest BCUT2D eigenvalue weighted by Gasteiger charge is 2.37. The molecule has 10 rings (SSSR count). The zero-order valence-corrected chi connectivity index (χ0v) is 27.5. The molecule has 3 heteroatoms. The third-order valence-corrected chi connectivity index (χ3v) is 11.4. The molecular formula is C45H31NOS. The van der Waals surface area contributed by atoms with Gasteiger partial charge in [0.2, 0.25) is 0 Å². The van der Waals surface area contributed by atoms with Gasteiger partial charge < -0.3 is 9.32 Å². The van der Waals surface area contributed by atoms with E-state index < -0.39 is 0 Å². The molecule has 0 amide bonds. The van der Waals surface area contributed by atoms with E-state index in [0.717, 1.165) is 39.0 Å². The number of para-hydroxylation sites is 1. The first kappa shape index (κ1) is 27.5. The van der Waals surface area contributed by atoms with E-state index in [1.165, 1.54) is 53.6 Å². The van der Waals surface area contributed by atoms with Gasteiger partial charge in [0.05, 0.1) is 11.1 Å². The molecule has 0 fully saturated rings. The van der Waals surface area contributed by atoms with Gasteiger partial charge in [0.25, 0.3) is 0 Å². The summed E-state index contributed by atoms with van der Waals surface area (Å²) >= 11 is 1.85. The second kappa shape index (κ2) is 10.2. The highest BCUT2D eigenvalue weighted by atomic mass is 32.1. The zero-order valence-electron chi connectivity index (χ0n) is 26.7. The van der Waals surface area contributed by atoms with Crippen LogP contribution in [0.3, 0.4) is 0 Å². The molecule has 0 radical (unpaired) electrons. The predicted octanol–water partition coefficient (Wildman–Crippen LogP) is 13.4. The van der Waals surface area contributed by atoms with Crippen LogP contribution in [0.1, 0.15) is 25.0 Å². The quantitative estimate of drug-likeness (QED) is 0.192. The molecule has 0 N–H and O–H groups in total. The first-order valence-corrected chi connectivity index (χ1v) is 17.3. The van der Waals surface area contributed by atoms with Crippen molar-refractivity contribution in [3.63, 3.8) is 0 Å². The maximum absolute atomic E-state index is 6.42. The minimum absolute atomic E-state index is 0.117. The molecule has 48 heavy (non-hydrogen) atoms. The van der Waals surface area contributed by atoms with Gasteiger partial charge in [-0.2, -0.15) is 0 Å². The van der Waals surface area contributed by atoms with E-state index in [-0.39, 0.29) is 5.41 Å². The summed E-state index contributed by atoms with van der Waals surface area (Å²) in [6.07, 6.45) is 0.